The van der Waals surface area contributed by atoms with Crippen molar-refractivity contribution in [1.82, 2.24) is 0 Å². The molecular formula is C15H24. The first-order valence-electron chi connectivity index (χ1n) is 6.71. The van der Waals surface area contributed by atoms with Crippen molar-refractivity contribution in [2.45, 2.75) is 46.5 Å². The van der Waals surface area contributed by atoms with Crippen LogP contribution >= 0.6 is 0 Å². The minimum absolute atomic E-state index is 0.635. The molecule has 0 radical (unpaired) electrons. The number of hydrogen-bond acceptors (Lipinski definition) is 0. The second-order valence-corrected chi connectivity index (χ2v) is 6.89. The quantitative estimate of drug-likeness (QED) is 0.517. The summed E-state index contributed by atoms with van der Waals surface area (Å²) >= 11 is 0. The maximum Gasteiger partial charge on any atom is -0.0139 e. The largest absolute Gasteiger partial charge is 0.0996 e. The van der Waals surface area contributed by atoms with Gasteiger partial charge in [-0.15, -0.1) is 0 Å². The van der Waals surface area contributed by atoms with E-state index in [4.69, 9.17) is 0 Å². The number of fused-ring (bicyclic) bond motifs is 3. The van der Waals surface area contributed by atoms with Crippen molar-refractivity contribution < 1.29 is 0 Å². The molecule has 3 saturated carbocycles. The van der Waals surface area contributed by atoms with Gasteiger partial charge in [0.05, 0.1) is 0 Å². The van der Waals surface area contributed by atoms with E-state index in [1.807, 2.05) is 0 Å². The van der Waals surface area contributed by atoms with Gasteiger partial charge >= 0.3 is 0 Å². The third-order valence-electron chi connectivity index (χ3n) is 5.92. The second-order valence-electron chi connectivity index (χ2n) is 6.89. The van der Waals surface area contributed by atoms with Crippen molar-refractivity contribution in [2.24, 2.45) is 35.0 Å². The first-order valence-corrected chi connectivity index (χ1v) is 6.71. The minimum Gasteiger partial charge on any atom is -0.0996 e. The van der Waals surface area contributed by atoms with E-state index in [0.29, 0.717) is 5.41 Å². The van der Waals surface area contributed by atoms with Crippen LogP contribution in [0.3, 0.4) is 0 Å². The van der Waals surface area contributed by atoms with Gasteiger partial charge in [0.15, 0.2) is 0 Å². The van der Waals surface area contributed by atoms with Crippen LogP contribution in [0.2, 0.25) is 0 Å². The molecule has 15 heavy (non-hydrogen) atoms. The maximum absolute atomic E-state index is 4.36. The Labute approximate surface area is 94.1 Å². The highest BCUT2D eigenvalue weighted by Crippen LogP contribution is 2.70. The van der Waals surface area contributed by atoms with Crippen LogP contribution < -0.4 is 0 Å². The highest BCUT2D eigenvalue weighted by atomic mass is 14.7. The fourth-order valence-electron chi connectivity index (χ4n) is 4.87. The molecule has 0 heterocycles. The highest BCUT2D eigenvalue weighted by Gasteiger charge is 2.64. The maximum atomic E-state index is 4.36. The van der Waals surface area contributed by atoms with Gasteiger partial charge in [-0.3, -0.25) is 0 Å². The van der Waals surface area contributed by atoms with E-state index in [0.717, 1.165) is 29.6 Å². The highest BCUT2D eigenvalue weighted by molar-refractivity contribution is 5.22. The summed E-state index contributed by atoms with van der Waals surface area (Å²) in [7, 11) is 0. The predicted molar refractivity (Wildman–Crippen MR) is 64.5 cm³/mol. The minimum atomic E-state index is 0.635. The van der Waals surface area contributed by atoms with Crippen LogP contribution in [0.4, 0.5) is 0 Å². The van der Waals surface area contributed by atoms with Gasteiger partial charge in [0.25, 0.3) is 0 Å². The van der Waals surface area contributed by atoms with E-state index in [2.05, 4.69) is 27.4 Å². The molecule has 0 nitrogen and oxygen atoms in total. The van der Waals surface area contributed by atoms with Gasteiger partial charge < -0.3 is 0 Å². The number of allylic oxidation sites excluding steroid dienone is 1. The lowest BCUT2D eigenvalue weighted by molar-refractivity contribution is 0.252. The molecule has 3 fully saturated rings. The third kappa shape index (κ3) is 1.20. The second kappa shape index (κ2) is 2.90. The van der Waals surface area contributed by atoms with Crippen LogP contribution in [0.15, 0.2) is 12.2 Å². The summed E-state index contributed by atoms with van der Waals surface area (Å²) in [6.07, 6.45) is 5.71. The smallest absolute Gasteiger partial charge is 0.0139 e. The molecule has 3 aliphatic carbocycles. The lowest BCUT2D eigenvalue weighted by atomic mass is 9.79. The van der Waals surface area contributed by atoms with Crippen LogP contribution in [0, 0.1) is 35.0 Å². The summed E-state index contributed by atoms with van der Waals surface area (Å²) in [6.45, 7) is 11.8. The molecule has 3 rings (SSSR count). The van der Waals surface area contributed by atoms with Crippen LogP contribution in [0.1, 0.15) is 46.5 Å². The first kappa shape index (κ1) is 9.93. The Kier molecular flexibility index (Phi) is 1.92. The Bertz CT molecular complexity index is 299. The van der Waals surface area contributed by atoms with Gasteiger partial charge in [-0.1, -0.05) is 39.3 Å². The van der Waals surface area contributed by atoms with Gasteiger partial charge in [0.2, 0.25) is 0 Å². The molecular weight excluding hydrogens is 180 g/mol. The molecule has 0 aliphatic heterocycles. The lowest BCUT2D eigenvalue weighted by Crippen LogP contribution is -2.19. The fourth-order valence-corrected chi connectivity index (χ4v) is 4.87. The monoisotopic (exact) mass is 204 g/mol. The lowest BCUT2D eigenvalue weighted by Gasteiger charge is -2.26. The zero-order valence-corrected chi connectivity index (χ0v) is 10.4. The summed E-state index contributed by atoms with van der Waals surface area (Å²) in [6, 6.07) is 0. The summed E-state index contributed by atoms with van der Waals surface area (Å²) in [4.78, 5) is 0. The SMILES string of the molecule is C=C1CC[C@H]2[C@H]1[C@H]1[C@@H](CC[C@H]2C)C1(C)C. The summed E-state index contributed by atoms with van der Waals surface area (Å²) in [5.41, 5.74) is 2.23. The van der Waals surface area contributed by atoms with Gasteiger partial charge in [-0.05, 0) is 54.3 Å². The van der Waals surface area contributed by atoms with Crippen LogP contribution in [-0.2, 0) is 0 Å². The molecule has 0 unspecified atom stereocenters. The molecule has 0 heteroatoms. The molecule has 5 atom stereocenters. The molecule has 0 saturated heterocycles. The average Bonchev–Trinajstić information content (AvgIpc) is 2.55. The molecule has 0 aromatic heterocycles. The van der Waals surface area contributed by atoms with Crippen molar-refractivity contribution in [1.29, 1.82) is 0 Å². The molecule has 84 valence electrons. The third-order valence-corrected chi connectivity index (χ3v) is 5.92. The normalized spacial score (nSPS) is 51.9. The molecule has 0 spiro atoms. The van der Waals surface area contributed by atoms with Crippen LogP contribution in [0.5, 0.6) is 0 Å². The van der Waals surface area contributed by atoms with Crippen LogP contribution in [0.25, 0.3) is 0 Å². The van der Waals surface area contributed by atoms with Gasteiger partial charge in [0, 0.05) is 0 Å². The van der Waals surface area contributed by atoms with Crippen LogP contribution in [-0.4, -0.2) is 0 Å². The summed E-state index contributed by atoms with van der Waals surface area (Å²) in [5.74, 6) is 4.84. The number of rotatable bonds is 0. The average molecular weight is 204 g/mol. The van der Waals surface area contributed by atoms with Crippen molar-refractivity contribution in [3.8, 4) is 0 Å². The van der Waals surface area contributed by atoms with E-state index in [1.54, 1.807) is 5.57 Å². The van der Waals surface area contributed by atoms with E-state index < -0.39 is 0 Å². The Morgan fingerprint density at radius 1 is 1.20 bits per heavy atom. The van der Waals surface area contributed by atoms with Crippen molar-refractivity contribution in [3.63, 3.8) is 0 Å². The van der Waals surface area contributed by atoms with Gasteiger partial charge in [-0.25, -0.2) is 0 Å². The van der Waals surface area contributed by atoms with E-state index >= 15 is 0 Å². The Morgan fingerprint density at radius 3 is 2.67 bits per heavy atom. The number of hydrogen-bond donors (Lipinski definition) is 0. The molecule has 0 N–H and O–H groups in total. The molecule has 0 amide bonds. The Morgan fingerprint density at radius 2 is 1.93 bits per heavy atom. The standard InChI is InChI=1S/C15H24/c1-9-6-8-12-14(15(12,3)4)13-10(2)5-7-11(9)13/h9,11-14H,2,5-8H2,1,3-4H3/t9-,11-,12-,13+,14-/m1/s1. The van der Waals surface area contributed by atoms with E-state index in [1.165, 1.54) is 25.7 Å². The van der Waals surface area contributed by atoms with Gasteiger partial charge in [0.1, 0.15) is 0 Å². The molecule has 0 aromatic rings. The molecule has 0 bridgehead atoms. The van der Waals surface area contributed by atoms with Crippen molar-refractivity contribution in [2.75, 3.05) is 0 Å². The van der Waals surface area contributed by atoms with Crippen molar-refractivity contribution in [3.05, 3.63) is 12.2 Å². The zero-order valence-electron chi connectivity index (χ0n) is 10.4. The van der Waals surface area contributed by atoms with E-state index in [-0.39, 0.29) is 0 Å². The predicted octanol–water partition coefficient (Wildman–Crippen LogP) is 4.27. The first-order chi connectivity index (χ1) is 7.03. The van der Waals surface area contributed by atoms with Gasteiger partial charge in [-0.2, -0.15) is 0 Å². The van der Waals surface area contributed by atoms with Crippen molar-refractivity contribution >= 4 is 0 Å². The Hall–Kier alpha value is -0.260. The fraction of sp³-hybridized carbons (Fsp3) is 0.867. The van der Waals surface area contributed by atoms with E-state index in [9.17, 15) is 0 Å². The topological polar surface area (TPSA) is 0 Å². The Balaban J connectivity index is 1.93. The summed E-state index contributed by atoms with van der Waals surface area (Å²) < 4.78 is 0. The zero-order chi connectivity index (χ0) is 10.8. The molecule has 3 aliphatic rings. The molecule has 0 aromatic carbocycles. The summed E-state index contributed by atoms with van der Waals surface area (Å²) in [5, 5.41) is 0.